The second-order valence-electron chi connectivity index (χ2n) is 3.88. The summed E-state index contributed by atoms with van der Waals surface area (Å²) in [6.07, 6.45) is 0. The summed E-state index contributed by atoms with van der Waals surface area (Å²) >= 11 is 4.84. The zero-order valence-corrected chi connectivity index (χ0v) is 13.7. The summed E-state index contributed by atoms with van der Waals surface area (Å²) in [5.74, 6) is -0.431. The van der Waals surface area contributed by atoms with Gasteiger partial charge in [0.15, 0.2) is 0 Å². The fraction of sp³-hybridized carbons (Fsp3) is 0.0714. The molecule has 0 saturated carbocycles. The SMILES string of the molecule is N#Cc1ccc(COc2ccc(F)c(Br)c2)c(F)c1I. The topological polar surface area (TPSA) is 33.0 Å². The summed E-state index contributed by atoms with van der Waals surface area (Å²) in [7, 11) is 0. The molecule has 0 atom stereocenters. The quantitative estimate of drug-likeness (QED) is 0.631. The van der Waals surface area contributed by atoms with Crippen LogP contribution in [0, 0.1) is 26.5 Å². The Morgan fingerprint density at radius 1 is 1.25 bits per heavy atom. The molecule has 102 valence electrons. The molecule has 2 aromatic rings. The molecule has 0 aliphatic rings. The van der Waals surface area contributed by atoms with Crippen LogP contribution < -0.4 is 4.74 Å². The van der Waals surface area contributed by atoms with Gasteiger partial charge in [0.05, 0.1) is 13.6 Å². The third-order valence-electron chi connectivity index (χ3n) is 2.57. The van der Waals surface area contributed by atoms with Crippen LogP contribution in [0.25, 0.3) is 0 Å². The Kier molecular flexibility index (Phi) is 4.94. The Labute approximate surface area is 136 Å². The average Bonchev–Trinajstić information content (AvgIpc) is 2.44. The smallest absolute Gasteiger partial charge is 0.144 e. The van der Waals surface area contributed by atoms with Gasteiger partial charge in [0, 0.05) is 5.56 Å². The van der Waals surface area contributed by atoms with Crippen molar-refractivity contribution >= 4 is 38.5 Å². The Balaban J connectivity index is 2.17. The molecule has 20 heavy (non-hydrogen) atoms. The zero-order valence-electron chi connectivity index (χ0n) is 9.96. The third-order valence-corrected chi connectivity index (χ3v) is 4.23. The highest BCUT2D eigenvalue weighted by atomic mass is 127. The predicted octanol–water partition coefficient (Wildman–Crippen LogP) is 4.78. The van der Waals surface area contributed by atoms with Gasteiger partial charge in [0.1, 0.15) is 30.1 Å². The lowest BCUT2D eigenvalue weighted by atomic mass is 10.1. The number of hydrogen-bond acceptors (Lipinski definition) is 2. The minimum absolute atomic E-state index is 0.00557. The van der Waals surface area contributed by atoms with Crippen LogP contribution in [-0.2, 0) is 6.61 Å². The van der Waals surface area contributed by atoms with Crippen LogP contribution in [0.5, 0.6) is 5.75 Å². The molecule has 0 amide bonds. The molecule has 0 bridgehead atoms. The molecule has 0 aliphatic heterocycles. The molecular weight excluding hydrogens is 443 g/mol. The van der Waals surface area contributed by atoms with E-state index in [-0.39, 0.29) is 20.2 Å². The minimum atomic E-state index is -0.467. The van der Waals surface area contributed by atoms with E-state index in [1.807, 2.05) is 6.07 Å². The Morgan fingerprint density at radius 3 is 2.65 bits per heavy atom. The summed E-state index contributed by atoms with van der Waals surface area (Å²) in [4.78, 5) is 0. The van der Waals surface area contributed by atoms with Crippen LogP contribution >= 0.6 is 38.5 Å². The zero-order chi connectivity index (χ0) is 14.7. The number of nitrogens with zero attached hydrogens (tertiary/aromatic N) is 1. The summed E-state index contributed by atoms with van der Waals surface area (Å²) in [6.45, 7) is 0.00557. The number of ether oxygens (including phenoxy) is 1. The molecule has 0 aliphatic carbocycles. The fourth-order valence-corrected chi connectivity index (χ4v) is 2.52. The van der Waals surface area contributed by atoms with E-state index in [2.05, 4.69) is 15.9 Å². The van der Waals surface area contributed by atoms with Crippen molar-refractivity contribution in [1.29, 1.82) is 5.26 Å². The number of rotatable bonds is 3. The second kappa shape index (κ2) is 6.50. The molecule has 6 heteroatoms. The number of halogens is 4. The molecule has 0 aromatic heterocycles. The van der Waals surface area contributed by atoms with Gasteiger partial charge in [-0.05, 0) is 62.8 Å². The molecule has 0 N–H and O–H groups in total. The van der Waals surface area contributed by atoms with Crippen molar-refractivity contribution in [2.45, 2.75) is 6.61 Å². The number of nitriles is 1. The molecular formula is C14H7BrF2INO. The van der Waals surface area contributed by atoms with Crippen molar-refractivity contribution < 1.29 is 13.5 Å². The lowest BCUT2D eigenvalue weighted by Crippen LogP contribution is -2.01. The molecule has 0 saturated heterocycles. The summed E-state index contributed by atoms with van der Waals surface area (Å²) < 4.78 is 33.0. The first-order valence-corrected chi connectivity index (χ1v) is 7.35. The van der Waals surface area contributed by atoms with Gasteiger partial charge in [-0.25, -0.2) is 8.78 Å². The highest BCUT2D eigenvalue weighted by Crippen LogP contribution is 2.24. The van der Waals surface area contributed by atoms with Gasteiger partial charge < -0.3 is 4.74 Å². The highest BCUT2D eigenvalue weighted by Gasteiger charge is 2.11. The Hall–Kier alpha value is -1.20. The van der Waals surface area contributed by atoms with Gasteiger partial charge in [-0.1, -0.05) is 6.07 Å². The van der Waals surface area contributed by atoms with Gasteiger partial charge in [0.2, 0.25) is 0 Å². The highest BCUT2D eigenvalue weighted by molar-refractivity contribution is 14.1. The van der Waals surface area contributed by atoms with E-state index in [4.69, 9.17) is 10.00 Å². The molecule has 2 nitrogen and oxygen atoms in total. The van der Waals surface area contributed by atoms with Gasteiger partial charge >= 0.3 is 0 Å². The average molecular weight is 450 g/mol. The molecule has 0 unspecified atom stereocenters. The molecule has 2 aromatic carbocycles. The fourth-order valence-electron chi connectivity index (χ4n) is 1.51. The van der Waals surface area contributed by atoms with Crippen LogP contribution in [-0.4, -0.2) is 0 Å². The maximum absolute atomic E-state index is 14.0. The van der Waals surface area contributed by atoms with Crippen molar-refractivity contribution in [3.8, 4) is 11.8 Å². The molecule has 0 heterocycles. The summed E-state index contributed by atoms with van der Waals surface area (Å²) in [5.41, 5.74) is 0.630. The summed E-state index contributed by atoms with van der Waals surface area (Å²) in [6, 6.07) is 9.17. The lowest BCUT2D eigenvalue weighted by molar-refractivity contribution is 0.299. The van der Waals surface area contributed by atoms with Crippen LogP contribution in [0.15, 0.2) is 34.8 Å². The molecule has 0 spiro atoms. The van der Waals surface area contributed by atoms with Gasteiger partial charge in [-0.3, -0.25) is 0 Å². The van der Waals surface area contributed by atoms with Crippen LogP contribution in [0.3, 0.4) is 0 Å². The van der Waals surface area contributed by atoms with Crippen molar-refractivity contribution in [3.63, 3.8) is 0 Å². The number of benzene rings is 2. The van der Waals surface area contributed by atoms with E-state index in [1.54, 1.807) is 28.7 Å². The minimum Gasteiger partial charge on any atom is -0.489 e. The van der Waals surface area contributed by atoms with E-state index in [0.29, 0.717) is 11.3 Å². The Morgan fingerprint density at radius 2 is 2.00 bits per heavy atom. The Bertz CT molecular complexity index is 700. The first-order chi connectivity index (χ1) is 9.52. The van der Waals surface area contributed by atoms with E-state index in [0.717, 1.165) is 0 Å². The normalized spacial score (nSPS) is 10.2. The van der Waals surface area contributed by atoms with Crippen molar-refractivity contribution in [1.82, 2.24) is 0 Å². The maximum atomic E-state index is 14.0. The monoisotopic (exact) mass is 449 g/mol. The second-order valence-corrected chi connectivity index (χ2v) is 5.81. The predicted molar refractivity (Wildman–Crippen MR) is 82.3 cm³/mol. The maximum Gasteiger partial charge on any atom is 0.144 e. The van der Waals surface area contributed by atoms with E-state index in [1.165, 1.54) is 24.3 Å². The van der Waals surface area contributed by atoms with E-state index in [9.17, 15) is 8.78 Å². The van der Waals surface area contributed by atoms with Crippen LogP contribution in [0.2, 0.25) is 0 Å². The van der Waals surface area contributed by atoms with Crippen LogP contribution in [0.4, 0.5) is 8.78 Å². The standard InChI is InChI=1S/C14H7BrF2INO/c15-11-5-10(3-4-12(11)16)20-7-9-2-1-8(6-19)14(18)13(9)17/h1-5H,7H2. The van der Waals surface area contributed by atoms with Crippen molar-refractivity contribution in [2.75, 3.05) is 0 Å². The van der Waals surface area contributed by atoms with Gasteiger partial charge in [0.25, 0.3) is 0 Å². The molecule has 0 fully saturated rings. The number of hydrogen-bond donors (Lipinski definition) is 0. The third kappa shape index (κ3) is 3.27. The first kappa shape index (κ1) is 15.2. The molecule has 0 radical (unpaired) electrons. The molecule has 2 rings (SSSR count). The van der Waals surface area contributed by atoms with Crippen molar-refractivity contribution in [3.05, 3.63) is 61.1 Å². The van der Waals surface area contributed by atoms with E-state index >= 15 is 0 Å². The van der Waals surface area contributed by atoms with Gasteiger partial charge in [-0.2, -0.15) is 5.26 Å². The lowest BCUT2D eigenvalue weighted by Gasteiger charge is -2.09. The largest absolute Gasteiger partial charge is 0.489 e. The van der Waals surface area contributed by atoms with E-state index < -0.39 is 11.6 Å². The van der Waals surface area contributed by atoms with Crippen molar-refractivity contribution in [2.24, 2.45) is 0 Å². The van der Waals surface area contributed by atoms with Crippen LogP contribution in [0.1, 0.15) is 11.1 Å². The summed E-state index contributed by atoms with van der Waals surface area (Å²) in [5, 5.41) is 8.80. The first-order valence-electron chi connectivity index (χ1n) is 5.47. The van der Waals surface area contributed by atoms with Gasteiger partial charge in [-0.15, -0.1) is 0 Å².